The number of pyridine rings is 1. The van der Waals surface area contributed by atoms with Crippen LogP contribution >= 0.6 is 0 Å². The van der Waals surface area contributed by atoms with Gasteiger partial charge in [0.15, 0.2) is 0 Å². The topological polar surface area (TPSA) is 80.4 Å². The third-order valence-corrected chi connectivity index (χ3v) is 3.22. The zero-order valence-electron chi connectivity index (χ0n) is 10.1. The van der Waals surface area contributed by atoms with Gasteiger partial charge in [-0.3, -0.25) is 0 Å². The van der Waals surface area contributed by atoms with Crippen molar-refractivity contribution in [1.82, 2.24) is 4.98 Å². The summed E-state index contributed by atoms with van der Waals surface area (Å²) in [4.78, 5) is 4.21. The molecular formula is C12H19N3O2. The van der Waals surface area contributed by atoms with E-state index < -0.39 is 5.60 Å². The Bertz CT molecular complexity index is 389. The molecule has 5 nitrogen and oxygen atoms in total. The predicted octanol–water partition coefficient (Wildman–Crippen LogP) is 1.39. The molecule has 4 N–H and O–H groups in total. The molecule has 1 aliphatic carbocycles. The van der Waals surface area contributed by atoms with Gasteiger partial charge in [-0.25, -0.2) is 0 Å². The lowest BCUT2D eigenvalue weighted by Crippen LogP contribution is -2.33. The first-order chi connectivity index (χ1) is 8.13. The van der Waals surface area contributed by atoms with Crippen molar-refractivity contribution < 1.29 is 9.84 Å². The average Bonchev–Trinajstić information content (AvgIpc) is 2.76. The number of anilines is 2. The fourth-order valence-corrected chi connectivity index (χ4v) is 2.18. The molecular weight excluding hydrogens is 218 g/mol. The van der Waals surface area contributed by atoms with Crippen LogP contribution < -0.4 is 15.8 Å². The van der Waals surface area contributed by atoms with Crippen molar-refractivity contribution in [2.24, 2.45) is 0 Å². The van der Waals surface area contributed by atoms with Gasteiger partial charge in [0.05, 0.1) is 18.4 Å². The number of hydrogen-bond donors (Lipinski definition) is 3. The lowest BCUT2D eigenvalue weighted by atomic mass is 10.0. The van der Waals surface area contributed by atoms with Crippen LogP contribution in [0, 0.1) is 0 Å². The Hall–Kier alpha value is -1.49. The smallest absolute Gasteiger partial charge is 0.238 e. The van der Waals surface area contributed by atoms with Gasteiger partial charge >= 0.3 is 0 Å². The minimum absolute atomic E-state index is 0.411. The minimum Gasteiger partial charge on any atom is -0.479 e. The maximum atomic E-state index is 10.2. The molecule has 1 aromatic rings. The molecule has 2 rings (SSSR count). The largest absolute Gasteiger partial charge is 0.479 e. The van der Waals surface area contributed by atoms with Gasteiger partial charge in [-0.2, -0.15) is 4.98 Å². The molecule has 0 aliphatic heterocycles. The number of rotatable bonds is 4. The van der Waals surface area contributed by atoms with Crippen LogP contribution in [0.2, 0.25) is 0 Å². The minimum atomic E-state index is -0.587. The zero-order chi connectivity index (χ0) is 12.3. The van der Waals surface area contributed by atoms with Gasteiger partial charge in [-0.1, -0.05) is 12.8 Å². The fourth-order valence-electron chi connectivity index (χ4n) is 2.18. The molecule has 1 heterocycles. The van der Waals surface area contributed by atoms with Crippen LogP contribution in [0.3, 0.4) is 0 Å². The van der Waals surface area contributed by atoms with Crippen LogP contribution in [0.4, 0.5) is 11.5 Å². The van der Waals surface area contributed by atoms with E-state index >= 15 is 0 Å². The standard InChI is InChI=1S/C12H19N3O2/c1-17-11-9(13)4-5-10(15-11)14-8-12(16)6-2-3-7-12/h4-5,16H,2-3,6-8,13H2,1H3,(H,14,15). The van der Waals surface area contributed by atoms with Gasteiger partial charge in [-0.15, -0.1) is 0 Å². The molecule has 0 spiro atoms. The van der Waals surface area contributed by atoms with Crippen LogP contribution in [0.1, 0.15) is 25.7 Å². The van der Waals surface area contributed by atoms with Crippen molar-refractivity contribution in [3.63, 3.8) is 0 Å². The molecule has 5 heteroatoms. The highest BCUT2D eigenvalue weighted by Crippen LogP contribution is 2.29. The Morgan fingerprint density at radius 2 is 2.18 bits per heavy atom. The highest BCUT2D eigenvalue weighted by atomic mass is 16.5. The normalized spacial score (nSPS) is 18.0. The van der Waals surface area contributed by atoms with Gasteiger partial charge in [0.25, 0.3) is 0 Å². The van der Waals surface area contributed by atoms with E-state index in [1.54, 1.807) is 12.1 Å². The second-order valence-corrected chi connectivity index (χ2v) is 4.58. The average molecular weight is 237 g/mol. The van der Waals surface area contributed by atoms with Crippen molar-refractivity contribution in [3.8, 4) is 5.88 Å². The Kier molecular flexibility index (Phi) is 3.38. The summed E-state index contributed by atoms with van der Waals surface area (Å²) in [7, 11) is 1.53. The summed E-state index contributed by atoms with van der Waals surface area (Å²) in [6.45, 7) is 0.521. The Labute approximate surface area is 101 Å². The fraction of sp³-hybridized carbons (Fsp3) is 0.583. The molecule has 94 valence electrons. The quantitative estimate of drug-likeness (QED) is 0.737. The first-order valence-corrected chi connectivity index (χ1v) is 5.90. The number of aliphatic hydroxyl groups is 1. The van der Waals surface area contributed by atoms with E-state index in [-0.39, 0.29) is 0 Å². The lowest BCUT2D eigenvalue weighted by Gasteiger charge is -2.22. The molecule has 0 bridgehead atoms. The number of nitrogens with zero attached hydrogens (tertiary/aromatic N) is 1. The first kappa shape index (κ1) is 12.0. The van der Waals surface area contributed by atoms with Crippen molar-refractivity contribution in [2.75, 3.05) is 24.7 Å². The van der Waals surface area contributed by atoms with E-state index in [0.29, 0.717) is 23.9 Å². The molecule has 1 aliphatic rings. The van der Waals surface area contributed by atoms with Crippen LogP contribution in [0.25, 0.3) is 0 Å². The number of aromatic nitrogens is 1. The molecule has 1 aromatic heterocycles. The third kappa shape index (κ3) is 2.79. The molecule has 1 fully saturated rings. The van der Waals surface area contributed by atoms with Gasteiger partial charge in [-0.05, 0) is 25.0 Å². The second-order valence-electron chi connectivity index (χ2n) is 4.58. The summed E-state index contributed by atoms with van der Waals surface area (Å²) < 4.78 is 5.04. The summed E-state index contributed by atoms with van der Waals surface area (Å²) in [6.07, 6.45) is 3.89. The van der Waals surface area contributed by atoms with Gasteiger partial charge < -0.3 is 20.9 Å². The number of nitrogens with two attached hydrogens (primary N) is 1. The van der Waals surface area contributed by atoms with E-state index in [1.165, 1.54) is 7.11 Å². The molecule has 0 saturated heterocycles. The highest BCUT2D eigenvalue weighted by molar-refractivity contribution is 5.53. The number of ether oxygens (including phenoxy) is 1. The van der Waals surface area contributed by atoms with Crippen molar-refractivity contribution in [2.45, 2.75) is 31.3 Å². The van der Waals surface area contributed by atoms with Crippen molar-refractivity contribution >= 4 is 11.5 Å². The van der Waals surface area contributed by atoms with Crippen molar-refractivity contribution in [3.05, 3.63) is 12.1 Å². The number of methoxy groups -OCH3 is 1. The van der Waals surface area contributed by atoms with Crippen LogP contribution in [-0.4, -0.2) is 29.3 Å². The van der Waals surface area contributed by atoms with E-state index in [4.69, 9.17) is 10.5 Å². The molecule has 0 amide bonds. The van der Waals surface area contributed by atoms with E-state index in [9.17, 15) is 5.11 Å². The number of nitrogen functional groups attached to an aromatic ring is 1. The maximum absolute atomic E-state index is 10.2. The molecule has 1 saturated carbocycles. The maximum Gasteiger partial charge on any atom is 0.238 e. The molecule has 0 unspecified atom stereocenters. The molecule has 17 heavy (non-hydrogen) atoms. The van der Waals surface area contributed by atoms with Crippen molar-refractivity contribution in [1.29, 1.82) is 0 Å². The number of nitrogens with one attached hydrogen (secondary N) is 1. The van der Waals surface area contributed by atoms with Crippen LogP contribution in [0.15, 0.2) is 12.1 Å². The first-order valence-electron chi connectivity index (χ1n) is 5.90. The number of hydrogen-bond acceptors (Lipinski definition) is 5. The van der Waals surface area contributed by atoms with Gasteiger partial charge in [0.2, 0.25) is 5.88 Å². The Balaban J connectivity index is 1.99. The molecule has 0 aromatic carbocycles. The van der Waals surface area contributed by atoms with E-state index in [0.717, 1.165) is 25.7 Å². The van der Waals surface area contributed by atoms with Gasteiger partial charge in [0.1, 0.15) is 5.82 Å². The third-order valence-electron chi connectivity index (χ3n) is 3.22. The SMILES string of the molecule is COc1nc(NCC2(O)CCCC2)ccc1N. The summed E-state index contributed by atoms with van der Waals surface area (Å²) >= 11 is 0. The summed E-state index contributed by atoms with van der Waals surface area (Å²) in [5, 5.41) is 13.3. The van der Waals surface area contributed by atoms with E-state index in [2.05, 4.69) is 10.3 Å². The van der Waals surface area contributed by atoms with Crippen LogP contribution in [0.5, 0.6) is 5.88 Å². The highest BCUT2D eigenvalue weighted by Gasteiger charge is 2.30. The molecule has 0 atom stereocenters. The van der Waals surface area contributed by atoms with E-state index in [1.807, 2.05) is 0 Å². The Morgan fingerprint density at radius 3 is 2.82 bits per heavy atom. The summed E-state index contributed by atoms with van der Waals surface area (Å²) in [5.41, 5.74) is 5.60. The monoisotopic (exact) mass is 237 g/mol. The van der Waals surface area contributed by atoms with Gasteiger partial charge in [0, 0.05) is 6.54 Å². The van der Waals surface area contributed by atoms with Crippen LogP contribution in [-0.2, 0) is 0 Å². The zero-order valence-corrected chi connectivity index (χ0v) is 10.1. The summed E-state index contributed by atoms with van der Waals surface area (Å²) in [5.74, 6) is 1.09. The molecule has 0 radical (unpaired) electrons. The summed E-state index contributed by atoms with van der Waals surface area (Å²) in [6, 6.07) is 3.53. The predicted molar refractivity (Wildman–Crippen MR) is 67.1 cm³/mol. The lowest BCUT2D eigenvalue weighted by molar-refractivity contribution is 0.0614. The second kappa shape index (κ2) is 4.79. The Morgan fingerprint density at radius 1 is 1.47 bits per heavy atom.